The molecule has 1 aromatic heterocycles. The summed E-state index contributed by atoms with van der Waals surface area (Å²) in [4.78, 5) is 13.9. The fourth-order valence-electron chi connectivity index (χ4n) is 2.79. The molecule has 0 saturated heterocycles. The van der Waals surface area contributed by atoms with Gasteiger partial charge in [-0.2, -0.15) is 0 Å². The lowest BCUT2D eigenvalue weighted by Crippen LogP contribution is -2.43. The van der Waals surface area contributed by atoms with E-state index in [1.54, 1.807) is 18.4 Å². The normalized spacial score (nSPS) is 18.2. The van der Waals surface area contributed by atoms with E-state index < -0.39 is 5.60 Å². The monoisotopic (exact) mass is 349 g/mol. The van der Waals surface area contributed by atoms with Gasteiger partial charge in [0.1, 0.15) is 5.60 Å². The summed E-state index contributed by atoms with van der Waals surface area (Å²) in [6.45, 7) is 2.37. The molecule has 2 aromatic rings. The summed E-state index contributed by atoms with van der Waals surface area (Å²) >= 11 is 7.73. The van der Waals surface area contributed by atoms with Gasteiger partial charge >= 0.3 is 0 Å². The Labute approximate surface area is 145 Å². The highest BCUT2D eigenvalue weighted by molar-refractivity contribution is 7.10. The van der Waals surface area contributed by atoms with Crippen LogP contribution in [0.1, 0.15) is 30.2 Å². The zero-order valence-corrected chi connectivity index (χ0v) is 14.8. The van der Waals surface area contributed by atoms with Gasteiger partial charge in [0.15, 0.2) is 0 Å². The molecule has 1 aromatic carbocycles. The summed E-state index contributed by atoms with van der Waals surface area (Å²) < 4.78 is 5.68. The molecule has 3 rings (SSSR count). The van der Waals surface area contributed by atoms with Crippen molar-refractivity contribution in [3.63, 3.8) is 0 Å². The van der Waals surface area contributed by atoms with Crippen molar-refractivity contribution in [2.45, 2.75) is 30.8 Å². The summed E-state index contributed by atoms with van der Waals surface area (Å²) in [6.07, 6.45) is 1.83. The molecule has 1 aliphatic carbocycles. The third kappa shape index (κ3) is 3.16. The van der Waals surface area contributed by atoms with Gasteiger partial charge in [0.25, 0.3) is 0 Å². The lowest BCUT2D eigenvalue weighted by atomic mass is 9.95. The van der Waals surface area contributed by atoms with Crippen LogP contribution in [-0.4, -0.2) is 19.6 Å². The Morgan fingerprint density at radius 1 is 1.39 bits per heavy atom. The van der Waals surface area contributed by atoms with Gasteiger partial charge in [-0.25, -0.2) is 0 Å². The molecule has 1 unspecified atom stereocenters. The molecular formula is C18H20ClNO2S. The largest absolute Gasteiger partial charge is 0.372 e. The fourth-order valence-corrected chi connectivity index (χ4v) is 3.96. The molecule has 1 amide bonds. The van der Waals surface area contributed by atoms with E-state index in [1.165, 1.54) is 0 Å². The van der Waals surface area contributed by atoms with Gasteiger partial charge in [0, 0.05) is 17.0 Å². The van der Waals surface area contributed by atoms with Crippen molar-refractivity contribution in [1.29, 1.82) is 0 Å². The Morgan fingerprint density at radius 3 is 2.74 bits per heavy atom. The molecule has 1 saturated carbocycles. The number of amides is 1. The Bertz CT molecular complexity index is 697. The fraction of sp³-hybridized carbons (Fsp3) is 0.389. The summed E-state index contributed by atoms with van der Waals surface area (Å²) in [6, 6.07) is 11.6. The van der Waals surface area contributed by atoms with Crippen LogP contribution in [-0.2, 0) is 20.5 Å². The first kappa shape index (κ1) is 16.5. The Morgan fingerprint density at radius 2 is 2.17 bits per heavy atom. The lowest BCUT2D eigenvalue weighted by Gasteiger charge is -2.30. The van der Waals surface area contributed by atoms with E-state index in [-0.39, 0.29) is 11.3 Å². The van der Waals surface area contributed by atoms with Crippen molar-refractivity contribution >= 4 is 28.8 Å². The Balaban J connectivity index is 1.72. The van der Waals surface area contributed by atoms with Crippen molar-refractivity contribution in [2.24, 2.45) is 0 Å². The molecule has 0 radical (unpaired) electrons. The van der Waals surface area contributed by atoms with Gasteiger partial charge in [0.2, 0.25) is 5.91 Å². The first-order valence-electron chi connectivity index (χ1n) is 7.64. The number of halogens is 1. The molecule has 1 aliphatic rings. The molecule has 0 bridgehead atoms. The van der Waals surface area contributed by atoms with Crippen molar-refractivity contribution in [3.8, 4) is 0 Å². The SMILES string of the molecule is COC(C)(CNC(=O)C1(c2cccs2)CC1)c1cccc(Cl)c1. The average Bonchev–Trinajstić information content (AvgIpc) is 3.19. The van der Waals surface area contributed by atoms with Crippen LogP contribution in [0.3, 0.4) is 0 Å². The summed E-state index contributed by atoms with van der Waals surface area (Å²) in [5, 5.41) is 5.77. The number of carbonyl (C=O) groups is 1. The third-order valence-electron chi connectivity index (χ3n) is 4.65. The van der Waals surface area contributed by atoms with E-state index >= 15 is 0 Å². The third-order valence-corrected chi connectivity index (χ3v) is 5.96. The second kappa shape index (κ2) is 6.27. The van der Waals surface area contributed by atoms with E-state index in [0.29, 0.717) is 11.6 Å². The molecule has 5 heteroatoms. The van der Waals surface area contributed by atoms with E-state index in [9.17, 15) is 4.79 Å². The maximum absolute atomic E-state index is 12.7. The van der Waals surface area contributed by atoms with Crippen LogP contribution in [0.4, 0.5) is 0 Å². The Kier molecular flexibility index (Phi) is 4.50. The first-order valence-corrected chi connectivity index (χ1v) is 8.89. The molecule has 122 valence electrons. The highest BCUT2D eigenvalue weighted by atomic mass is 35.5. The smallest absolute Gasteiger partial charge is 0.231 e. The zero-order chi connectivity index (χ0) is 16.5. The van der Waals surface area contributed by atoms with Crippen LogP contribution in [0.2, 0.25) is 5.02 Å². The predicted octanol–water partition coefficient (Wildman–Crippen LogP) is 4.11. The number of methoxy groups -OCH3 is 1. The summed E-state index contributed by atoms with van der Waals surface area (Å²) in [7, 11) is 1.65. The van der Waals surface area contributed by atoms with Crippen LogP contribution in [0.15, 0.2) is 41.8 Å². The van der Waals surface area contributed by atoms with E-state index in [4.69, 9.17) is 16.3 Å². The maximum atomic E-state index is 12.7. The average molecular weight is 350 g/mol. The van der Waals surface area contributed by atoms with Crippen LogP contribution >= 0.6 is 22.9 Å². The van der Waals surface area contributed by atoms with E-state index in [0.717, 1.165) is 23.3 Å². The molecule has 1 atom stereocenters. The van der Waals surface area contributed by atoms with Crippen LogP contribution < -0.4 is 5.32 Å². The molecule has 1 heterocycles. The van der Waals surface area contributed by atoms with Crippen molar-refractivity contribution < 1.29 is 9.53 Å². The lowest BCUT2D eigenvalue weighted by molar-refractivity contribution is -0.125. The van der Waals surface area contributed by atoms with Gasteiger partial charge in [-0.3, -0.25) is 4.79 Å². The molecule has 0 aliphatic heterocycles. The molecule has 3 nitrogen and oxygen atoms in total. The zero-order valence-electron chi connectivity index (χ0n) is 13.3. The highest BCUT2D eigenvalue weighted by Crippen LogP contribution is 2.50. The second-order valence-corrected chi connectivity index (χ2v) is 7.57. The van der Waals surface area contributed by atoms with Gasteiger partial charge in [-0.15, -0.1) is 11.3 Å². The first-order chi connectivity index (χ1) is 11.0. The summed E-state index contributed by atoms with van der Waals surface area (Å²) in [5.74, 6) is 0.0882. The summed E-state index contributed by atoms with van der Waals surface area (Å²) in [5.41, 5.74) is 0.0252. The maximum Gasteiger partial charge on any atom is 0.231 e. The minimum atomic E-state index is -0.605. The van der Waals surface area contributed by atoms with Crippen molar-refractivity contribution in [3.05, 3.63) is 57.2 Å². The minimum absolute atomic E-state index is 0.0882. The van der Waals surface area contributed by atoms with Gasteiger partial charge in [-0.1, -0.05) is 29.8 Å². The number of rotatable bonds is 6. The topological polar surface area (TPSA) is 38.3 Å². The van der Waals surface area contributed by atoms with Crippen molar-refractivity contribution in [1.82, 2.24) is 5.32 Å². The number of hydrogen-bond donors (Lipinski definition) is 1. The quantitative estimate of drug-likeness (QED) is 0.852. The van der Waals surface area contributed by atoms with Crippen LogP contribution in [0.5, 0.6) is 0 Å². The van der Waals surface area contributed by atoms with Gasteiger partial charge < -0.3 is 10.1 Å². The highest BCUT2D eigenvalue weighted by Gasteiger charge is 2.52. The number of nitrogens with one attached hydrogen (secondary N) is 1. The van der Waals surface area contributed by atoms with Gasteiger partial charge in [-0.05, 0) is 48.9 Å². The van der Waals surface area contributed by atoms with E-state index in [1.807, 2.05) is 48.7 Å². The number of hydrogen-bond acceptors (Lipinski definition) is 3. The second-order valence-electron chi connectivity index (χ2n) is 6.19. The number of thiophene rings is 1. The molecule has 23 heavy (non-hydrogen) atoms. The predicted molar refractivity (Wildman–Crippen MR) is 94.1 cm³/mol. The van der Waals surface area contributed by atoms with Gasteiger partial charge in [0.05, 0.1) is 12.0 Å². The standard InChI is InChI=1S/C18H20ClNO2S/c1-17(22-2,13-5-3-6-14(19)11-13)12-20-16(21)18(8-9-18)15-7-4-10-23-15/h3-7,10-11H,8-9,12H2,1-2H3,(H,20,21). The van der Waals surface area contributed by atoms with Crippen molar-refractivity contribution in [2.75, 3.05) is 13.7 Å². The Hall–Kier alpha value is -1.36. The minimum Gasteiger partial charge on any atom is -0.372 e. The molecule has 0 spiro atoms. The molecular weight excluding hydrogens is 330 g/mol. The molecule has 1 fully saturated rings. The van der Waals surface area contributed by atoms with E-state index in [2.05, 4.69) is 5.32 Å². The number of benzene rings is 1. The number of ether oxygens (including phenoxy) is 1. The van der Waals surface area contributed by atoms with Crippen LogP contribution in [0.25, 0.3) is 0 Å². The number of carbonyl (C=O) groups excluding carboxylic acids is 1. The van der Waals surface area contributed by atoms with Crippen LogP contribution in [0, 0.1) is 0 Å². The molecule has 1 N–H and O–H groups in total.